The van der Waals surface area contributed by atoms with Gasteiger partial charge >= 0.3 is 12.6 Å². The van der Waals surface area contributed by atoms with Gasteiger partial charge in [-0.15, -0.1) is 0 Å². The van der Waals surface area contributed by atoms with Gasteiger partial charge in [-0.1, -0.05) is 0 Å². The summed E-state index contributed by atoms with van der Waals surface area (Å²) < 4.78 is 49.9. The highest BCUT2D eigenvalue weighted by atomic mass is 19.3. The third-order valence-corrected chi connectivity index (χ3v) is 4.28. The second-order valence-electron chi connectivity index (χ2n) is 6.49. The number of fused-ring (bicyclic) bond motifs is 1. The number of carbonyl (C=O) groups is 2. The van der Waals surface area contributed by atoms with Gasteiger partial charge < -0.3 is 29.0 Å². The molecule has 13 heteroatoms. The lowest BCUT2D eigenvalue weighted by Crippen LogP contribution is -2.21. The van der Waals surface area contributed by atoms with Crippen molar-refractivity contribution in [3.8, 4) is 23.0 Å². The smallest absolute Gasteiger partial charge is 0.387 e. The Labute approximate surface area is 185 Å². The van der Waals surface area contributed by atoms with Crippen LogP contribution in [-0.2, 0) is 9.53 Å². The van der Waals surface area contributed by atoms with Crippen LogP contribution >= 0.6 is 0 Å². The van der Waals surface area contributed by atoms with E-state index in [9.17, 15) is 28.5 Å². The van der Waals surface area contributed by atoms with E-state index in [1.807, 2.05) is 0 Å². The van der Waals surface area contributed by atoms with Crippen LogP contribution in [0, 0.1) is 10.1 Å². The molecule has 0 spiro atoms. The molecule has 1 heterocycles. The lowest BCUT2D eigenvalue weighted by Gasteiger charge is -2.12. The SMILES string of the molecule is COc1cc(C(=O)OCC(=O)Nc2ccc3c(c2)OCCCO3)c([N+](=O)[O-])cc1OC(F)F. The van der Waals surface area contributed by atoms with Crippen LogP contribution in [0.25, 0.3) is 0 Å². The molecule has 1 amide bonds. The largest absolute Gasteiger partial charge is 0.493 e. The van der Waals surface area contributed by atoms with E-state index in [0.29, 0.717) is 42.9 Å². The Morgan fingerprint density at radius 2 is 1.88 bits per heavy atom. The Morgan fingerprint density at radius 1 is 1.15 bits per heavy atom. The van der Waals surface area contributed by atoms with Crippen molar-refractivity contribution in [2.45, 2.75) is 13.0 Å². The molecule has 33 heavy (non-hydrogen) atoms. The number of rotatable bonds is 8. The van der Waals surface area contributed by atoms with Gasteiger partial charge in [-0.05, 0) is 12.1 Å². The summed E-state index contributed by atoms with van der Waals surface area (Å²) in [5, 5.41) is 13.8. The summed E-state index contributed by atoms with van der Waals surface area (Å²) in [5.41, 5.74) is -1.12. The Kier molecular flexibility index (Phi) is 7.43. The fourth-order valence-electron chi connectivity index (χ4n) is 2.86. The minimum Gasteiger partial charge on any atom is -0.493 e. The number of nitro benzene ring substituents is 1. The Bertz CT molecular complexity index is 1060. The first kappa shape index (κ1) is 23.5. The van der Waals surface area contributed by atoms with Crippen molar-refractivity contribution in [3.05, 3.63) is 46.0 Å². The lowest BCUT2D eigenvalue weighted by atomic mass is 10.1. The standard InChI is InChI=1S/C20H18F2N2O9/c1-29-15-8-12(13(24(27)28)9-17(15)33-20(21)22)19(26)32-10-18(25)23-11-3-4-14-16(7-11)31-6-2-5-30-14/h3-4,7-9,20H,2,5-6,10H2,1H3,(H,23,25). The van der Waals surface area contributed by atoms with Gasteiger partial charge in [0.1, 0.15) is 5.56 Å². The number of ether oxygens (including phenoxy) is 5. The van der Waals surface area contributed by atoms with Crippen molar-refractivity contribution in [2.24, 2.45) is 0 Å². The normalized spacial score (nSPS) is 12.5. The molecule has 2 aromatic carbocycles. The Hall–Kier alpha value is -4.16. The van der Waals surface area contributed by atoms with Crippen molar-refractivity contribution < 1.29 is 47.0 Å². The maximum absolute atomic E-state index is 12.5. The number of carbonyl (C=O) groups excluding carboxylic acids is 2. The van der Waals surface area contributed by atoms with Gasteiger partial charge in [0.05, 0.1) is 31.3 Å². The highest BCUT2D eigenvalue weighted by Crippen LogP contribution is 2.36. The lowest BCUT2D eigenvalue weighted by molar-refractivity contribution is -0.385. The molecule has 0 bridgehead atoms. The van der Waals surface area contributed by atoms with Crippen LogP contribution in [0.2, 0.25) is 0 Å². The topological polar surface area (TPSA) is 135 Å². The van der Waals surface area contributed by atoms with E-state index < -0.39 is 47.0 Å². The maximum Gasteiger partial charge on any atom is 0.387 e. The Morgan fingerprint density at radius 3 is 2.55 bits per heavy atom. The number of halogens is 2. The maximum atomic E-state index is 12.5. The fraction of sp³-hybridized carbons (Fsp3) is 0.300. The number of alkyl halides is 2. The summed E-state index contributed by atoms with van der Waals surface area (Å²) in [7, 11) is 1.09. The van der Waals surface area contributed by atoms with Crippen LogP contribution in [0.3, 0.4) is 0 Å². The van der Waals surface area contributed by atoms with Gasteiger partial charge in [0.25, 0.3) is 11.6 Å². The van der Waals surface area contributed by atoms with Crippen LogP contribution in [0.15, 0.2) is 30.3 Å². The van der Waals surface area contributed by atoms with Crippen molar-refractivity contribution in [2.75, 3.05) is 32.2 Å². The predicted octanol–water partition coefficient (Wildman–Crippen LogP) is 3.16. The predicted molar refractivity (Wildman–Crippen MR) is 107 cm³/mol. The monoisotopic (exact) mass is 468 g/mol. The zero-order chi connectivity index (χ0) is 24.0. The highest BCUT2D eigenvalue weighted by Gasteiger charge is 2.27. The molecule has 0 saturated carbocycles. The van der Waals surface area contributed by atoms with E-state index >= 15 is 0 Å². The summed E-state index contributed by atoms with van der Waals surface area (Å²) >= 11 is 0. The average molecular weight is 468 g/mol. The minimum atomic E-state index is -3.27. The zero-order valence-corrected chi connectivity index (χ0v) is 17.2. The molecule has 0 saturated heterocycles. The number of nitro groups is 1. The van der Waals surface area contributed by atoms with Crippen LogP contribution in [0.4, 0.5) is 20.2 Å². The fourth-order valence-corrected chi connectivity index (χ4v) is 2.86. The molecule has 0 aliphatic carbocycles. The molecule has 0 unspecified atom stereocenters. The molecule has 1 aliphatic rings. The molecule has 0 atom stereocenters. The molecular formula is C20H18F2N2O9. The van der Waals surface area contributed by atoms with Gasteiger partial charge in [0, 0.05) is 24.2 Å². The molecule has 11 nitrogen and oxygen atoms in total. The number of esters is 1. The number of anilines is 1. The summed E-state index contributed by atoms with van der Waals surface area (Å²) in [6.07, 6.45) is 0.707. The van der Waals surface area contributed by atoms with E-state index in [2.05, 4.69) is 10.1 Å². The van der Waals surface area contributed by atoms with E-state index in [0.717, 1.165) is 13.2 Å². The van der Waals surface area contributed by atoms with E-state index in [-0.39, 0.29) is 5.75 Å². The average Bonchev–Trinajstić information content (AvgIpc) is 3.01. The first-order valence-electron chi connectivity index (χ1n) is 9.46. The quantitative estimate of drug-likeness (QED) is 0.352. The molecule has 3 rings (SSSR count). The summed E-state index contributed by atoms with van der Waals surface area (Å²) in [5.74, 6) is -2.00. The van der Waals surface area contributed by atoms with Crippen LogP contribution < -0.4 is 24.3 Å². The Balaban J connectivity index is 1.69. The second-order valence-corrected chi connectivity index (χ2v) is 6.49. The van der Waals surface area contributed by atoms with Gasteiger partial charge in [-0.3, -0.25) is 14.9 Å². The van der Waals surface area contributed by atoms with Crippen molar-refractivity contribution in [1.29, 1.82) is 0 Å². The number of methoxy groups -OCH3 is 1. The third kappa shape index (κ3) is 5.96. The molecule has 1 N–H and O–H groups in total. The second kappa shape index (κ2) is 10.4. The van der Waals surface area contributed by atoms with Crippen molar-refractivity contribution >= 4 is 23.3 Å². The first-order valence-corrected chi connectivity index (χ1v) is 9.46. The van der Waals surface area contributed by atoms with Gasteiger partial charge in [-0.2, -0.15) is 8.78 Å². The molecule has 1 aliphatic heterocycles. The molecule has 0 aromatic heterocycles. The van der Waals surface area contributed by atoms with Gasteiger partial charge in [-0.25, -0.2) is 4.79 Å². The molecule has 0 fully saturated rings. The number of nitrogens with one attached hydrogen (secondary N) is 1. The number of hydrogen-bond acceptors (Lipinski definition) is 9. The summed E-state index contributed by atoms with van der Waals surface area (Å²) in [6.45, 7) is -3.10. The number of nitrogens with zero attached hydrogens (tertiary/aromatic N) is 1. The molecule has 0 radical (unpaired) electrons. The van der Waals surface area contributed by atoms with Crippen LogP contribution in [0.5, 0.6) is 23.0 Å². The van der Waals surface area contributed by atoms with Crippen LogP contribution in [0.1, 0.15) is 16.8 Å². The van der Waals surface area contributed by atoms with E-state index in [1.54, 1.807) is 12.1 Å². The number of benzene rings is 2. The molecule has 2 aromatic rings. The number of amides is 1. The molecular weight excluding hydrogens is 450 g/mol. The van der Waals surface area contributed by atoms with Crippen molar-refractivity contribution in [3.63, 3.8) is 0 Å². The first-order chi connectivity index (χ1) is 15.8. The van der Waals surface area contributed by atoms with Gasteiger partial charge in [0.2, 0.25) is 0 Å². The minimum absolute atomic E-state index is 0.349. The van der Waals surface area contributed by atoms with E-state index in [1.165, 1.54) is 6.07 Å². The summed E-state index contributed by atoms with van der Waals surface area (Å²) in [6, 6.07) is 6.14. The van der Waals surface area contributed by atoms with Crippen molar-refractivity contribution in [1.82, 2.24) is 0 Å². The third-order valence-electron chi connectivity index (χ3n) is 4.28. The van der Waals surface area contributed by atoms with E-state index in [4.69, 9.17) is 18.9 Å². The van der Waals surface area contributed by atoms with Crippen LogP contribution in [-0.4, -0.2) is 50.3 Å². The highest BCUT2D eigenvalue weighted by molar-refractivity contribution is 5.98. The number of hydrogen-bond donors (Lipinski definition) is 1. The zero-order valence-electron chi connectivity index (χ0n) is 17.2. The van der Waals surface area contributed by atoms with Gasteiger partial charge in [0.15, 0.2) is 29.6 Å². The molecule has 176 valence electrons. The summed E-state index contributed by atoms with van der Waals surface area (Å²) in [4.78, 5) is 34.9.